The standard InChI is InChI=1S/C11H8Cl2N4O2/c12-8-2-1-6(5-9(8)13)19-11-7(10(14)17-18)3-4-15-16-11/h1-5,18H,(H2,14,17). The zero-order valence-corrected chi connectivity index (χ0v) is 10.9. The van der Waals surface area contributed by atoms with E-state index in [1.165, 1.54) is 18.3 Å². The molecule has 19 heavy (non-hydrogen) atoms. The van der Waals surface area contributed by atoms with Gasteiger partial charge >= 0.3 is 0 Å². The second-order valence-electron chi connectivity index (χ2n) is 3.41. The maximum Gasteiger partial charge on any atom is 0.250 e. The van der Waals surface area contributed by atoms with E-state index in [0.717, 1.165) is 0 Å². The lowest BCUT2D eigenvalue weighted by Crippen LogP contribution is -2.15. The lowest BCUT2D eigenvalue weighted by Gasteiger charge is -2.08. The van der Waals surface area contributed by atoms with Gasteiger partial charge in [-0.15, -0.1) is 5.10 Å². The highest BCUT2D eigenvalue weighted by Crippen LogP contribution is 2.29. The molecule has 0 spiro atoms. The van der Waals surface area contributed by atoms with Gasteiger partial charge in [-0.3, -0.25) is 0 Å². The quantitative estimate of drug-likeness (QED) is 0.393. The van der Waals surface area contributed by atoms with Gasteiger partial charge in [0, 0.05) is 6.07 Å². The highest BCUT2D eigenvalue weighted by atomic mass is 35.5. The number of nitrogens with zero attached hydrogens (tertiary/aromatic N) is 3. The summed E-state index contributed by atoms with van der Waals surface area (Å²) in [5.74, 6) is 0.364. The summed E-state index contributed by atoms with van der Waals surface area (Å²) in [6.45, 7) is 0. The average Bonchev–Trinajstić information content (AvgIpc) is 2.43. The summed E-state index contributed by atoms with van der Waals surface area (Å²) >= 11 is 11.7. The SMILES string of the molecule is N/C(=N/O)c1ccnnc1Oc1ccc(Cl)c(Cl)c1. The van der Waals surface area contributed by atoms with Crippen molar-refractivity contribution in [2.75, 3.05) is 0 Å². The normalized spacial score (nSPS) is 11.4. The molecule has 1 aromatic heterocycles. The Labute approximate surface area is 118 Å². The van der Waals surface area contributed by atoms with Crippen molar-refractivity contribution in [2.45, 2.75) is 0 Å². The van der Waals surface area contributed by atoms with Crippen LogP contribution in [0.1, 0.15) is 5.56 Å². The summed E-state index contributed by atoms with van der Waals surface area (Å²) in [7, 11) is 0. The monoisotopic (exact) mass is 298 g/mol. The number of nitrogens with two attached hydrogens (primary N) is 1. The lowest BCUT2D eigenvalue weighted by molar-refractivity contribution is 0.318. The van der Waals surface area contributed by atoms with Crippen molar-refractivity contribution in [2.24, 2.45) is 10.9 Å². The number of oxime groups is 1. The Morgan fingerprint density at radius 3 is 2.74 bits per heavy atom. The predicted molar refractivity (Wildman–Crippen MR) is 71.1 cm³/mol. The largest absolute Gasteiger partial charge is 0.437 e. The Bertz CT molecular complexity index is 634. The molecule has 0 saturated heterocycles. The van der Waals surface area contributed by atoms with Gasteiger partial charge < -0.3 is 15.7 Å². The molecule has 0 aliphatic heterocycles. The minimum absolute atomic E-state index is 0.0937. The molecule has 8 heteroatoms. The van der Waals surface area contributed by atoms with E-state index < -0.39 is 0 Å². The van der Waals surface area contributed by atoms with Crippen molar-refractivity contribution in [3.63, 3.8) is 0 Å². The minimum Gasteiger partial charge on any atom is -0.437 e. The molecule has 0 amide bonds. The molecule has 0 aliphatic rings. The van der Waals surface area contributed by atoms with E-state index >= 15 is 0 Å². The first kappa shape index (κ1) is 13.4. The molecule has 98 valence electrons. The van der Waals surface area contributed by atoms with Crippen molar-refractivity contribution < 1.29 is 9.94 Å². The second kappa shape index (κ2) is 5.73. The number of aromatic nitrogens is 2. The van der Waals surface area contributed by atoms with E-state index in [1.807, 2.05) is 0 Å². The summed E-state index contributed by atoms with van der Waals surface area (Å²) in [5, 5.41) is 19.8. The van der Waals surface area contributed by atoms with Gasteiger partial charge in [0.2, 0.25) is 5.88 Å². The first-order chi connectivity index (χ1) is 9.11. The smallest absolute Gasteiger partial charge is 0.250 e. The number of halogens is 2. The minimum atomic E-state index is -0.134. The molecule has 2 aromatic rings. The zero-order chi connectivity index (χ0) is 13.8. The van der Waals surface area contributed by atoms with Gasteiger partial charge in [-0.1, -0.05) is 28.4 Å². The van der Waals surface area contributed by atoms with Crippen LogP contribution in [0.3, 0.4) is 0 Å². The molecule has 0 radical (unpaired) electrons. The van der Waals surface area contributed by atoms with Gasteiger partial charge in [0.05, 0.1) is 21.8 Å². The molecule has 3 N–H and O–H groups in total. The van der Waals surface area contributed by atoms with E-state index in [1.54, 1.807) is 12.1 Å². The molecule has 1 aromatic carbocycles. The van der Waals surface area contributed by atoms with Gasteiger partial charge in [0.1, 0.15) is 5.75 Å². The third kappa shape index (κ3) is 3.04. The fraction of sp³-hybridized carbons (Fsp3) is 0. The van der Waals surface area contributed by atoms with Gasteiger partial charge in [-0.25, -0.2) is 0 Å². The van der Waals surface area contributed by atoms with Gasteiger partial charge in [-0.2, -0.15) is 5.10 Å². The van der Waals surface area contributed by atoms with Crippen LogP contribution >= 0.6 is 23.2 Å². The molecule has 0 bridgehead atoms. The molecule has 0 atom stereocenters. The third-order valence-corrected chi connectivity index (χ3v) is 2.92. The van der Waals surface area contributed by atoms with E-state index in [9.17, 15) is 0 Å². The van der Waals surface area contributed by atoms with Crippen LogP contribution in [0.15, 0.2) is 35.6 Å². The van der Waals surface area contributed by atoms with Crippen LogP contribution in [-0.4, -0.2) is 21.2 Å². The molecule has 6 nitrogen and oxygen atoms in total. The van der Waals surface area contributed by atoms with Crippen LogP contribution < -0.4 is 10.5 Å². The molecular weight excluding hydrogens is 291 g/mol. The number of hydrogen-bond donors (Lipinski definition) is 2. The first-order valence-corrected chi connectivity index (χ1v) is 5.80. The highest BCUT2D eigenvalue weighted by Gasteiger charge is 2.11. The topological polar surface area (TPSA) is 93.6 Å². The van der Waals surface area contributed by atoms with Crippen molar-refractivity contribution in [1.82, 2.24) is 10.2 Å². The summed E-state index contributed by atoms with van der Waals surface area (Å²) in [6.07, 6.45) is 1.40. The fourth-order valence-corrected chi connectivity index (χ4v) is 1.58. The van der Waals surface area contributed by atoms with Gasteiger partial charge in [0.15, 0.2) is 5.84 Å². The summed E-state index contributed by atoms with van der Waals surface area (Å²) in [5.41, 5.74) is 5.82. The molecule has 0 aliphatic carbocycles. The highest BCUT2D eigenvalue weighted by molar-refractivity contribution is 6.42. The second-order valence-corrected chi connectivity index (χ2v) is 4.23. The third-order valence-electron chi connectivity index (χ3n) is 2.18. The lowest BCUT2D eigenvalue weighted by atomic mass is 10.3. The average molecular weight is 299 g/mol. The molecule has 0 fully saturated rings. The fourth-order valence-electron chi connectivity index (χ4n) is 1.29. The van der Waals surface area contributed by atoms with Crippen molar-refractivity contribution >= 4 is 29.0 Å². The summed E-state index contributed by atoms with van der Waals surface area (Å²) in [4.78, 5) is 0. The molecule has 0 unspecified atom stereocenters. The maximum atomic E-state index is 8.68. The number of hydrogen-bond acceptors (Lipinski definition) is 5. The molecule has 1 heterocycles. The van der Waals surface area contributed by atoms with Crippen molar-refractivity contribution in [3.8, 4) is 11.6 Å². The number of amidine groups is 1. The molecule has 2 rings (SSSR count). The van der Waals surface area contributed by atoms with Crippen LogP contribution in [0.4, 0.5) is 0 Å². The van der Waals surface area contributed by atoms with Crippen LogP contribution in [0, 0.1) is 0 Å². The van der Waals surface area contributed by atoms with E-state index in [2.05, 4.69) is 15.4 Å². The zero-order valence-electron chi connectivity index (χ0n) is 9.42. The van der Waals surface area contributed by atoms with Gasteiger partial charge in [0.25, 0.3) is 0 Å². The van der Waals surface area contributed by atoms with Crippen molar-refractivity contribution in [1.29, 1.82) is 0 Å². The van der Waals surface area contributed by atoms with E-state index in [4.69, 9.17) is 38.9 Å². The van der Waals surface area contributed by atoms with Crippen LogP contribution in [0.2, 0.25) is 10.0 Å². The predicted octanol–water partition coefficient (Wildman–Crippen LogP) is 2.67. The molecular formula is C11H8Cl2N4O2. The Balaban J connectivity index is 2.35. The van der Waals surface area contributed by atoms with Crippen LogP contribution in [0.25, 0.3) is 0 Å². The number of rotatable bonds is 3. The van der Waals surface area contributed by atoms with E-state index in [0.29, 0.717) is 21.4 Å². The maximum absolute atomic E-state index is 8.68. The Morgan fingerprint density at radius 1 is 1.26 bits per heavy atom. The van der Waals surface area contributed by atoms with Crippen LogP contribution in [-0.2, 0) is 0 Å². The summed E-state index contributed by atoms with van der Waals surface area (Å²) in [6, 6.07) is 6.22. The first-order valence-electron chi connectivity index (χ1n) is 5.04. The Hall–Kier alpha value is -2.05. The van der Waals surface area contributed by atoms with Crippen molar-refractivity contribution in [3.05, 3.63) is 46.1 Å². The summed E-state index contributed by atoms with van der Waals surface area (Å²) < 4.78 is 5.48. The molecule has 0 saturated carbocycles. The Kier molecular flexibility index (Phi) is 4.03. The number of ether oxygens (including phenoxy) is 1. The van der Waals surface area contributed by atoms with Gasteiger partial charge in [-0.05, 0) is 18.2 Å². The Morgan fingerprint density at radius 2 is 2.05 bits per heavy atom. The number of benzene rings is 1. The van der Waals surface area contributed by atoms with Crippen LogP contribution in [0.5, 0.6) is 11.6 Å². The van der Waals surface area contributed by atoms with E-state index in [-0.39, 0.29) is 11.7 Å².